The standard InChI is InChI=1S/C12H15NO5/c1-17-9-3-2-4-10(7-9)18-8-11(14)13-6-5-12(15)16/h2-4,7H,5-6,8H2,1H3,(H,13,14)(H,15,16)/p-1. The molecule has 6 heteroatoms. The van der Waals surface area contributed by atoms with Gasteiger partial charge in [0.2, 0.25) is 0 Å². The zero-order valence-corrected chi connectivity index (χ0v) is 9.97. The van der Waals surface area contributed by atoms with Crippen LogP contribution in [0.1, 0.15) is 6.42 Å². The van der Waals surface area contributed by atoms with Gasteiger partial charge in [-0.25, -0.2) is 0 Å². The Morgan fingerprint density at radius 1 is 1.33 bits per heavy atom. The number of hydrogen-bond acceptors (Lipinski definition) is 5. The van der Waals surface area contributed by atoms with Crippen LogP contribution in [-0.2, 0) is 9.59 Å². The lowest BCUT2D eigenvalue weighted by atomic mass is 10.3. The fourth-order valence-electron chi connectivity index (χ4n) is 1.19. The molecule has 0 bridgehead atoms. The van der Waals surface area contributed by atoms with Crippen LogP contribution >= 0.6 is 0 Å². The van der Waals surface area contributed by atoms with E-state index in [-0.39, 0.29) is 25.5 Å². The topological polar surface area (TPSA) is 87.7 Å². The van der Waals surface area contributed by atoms with Crippen LogP contribution in [0.3, 0.4) is 0 Å². The Balaban J connectivity index is 2.31. The van der Waals surface area contributed by atoms with Crippen molar-refractivity contribution >= 4 is 11.9 Å². The third-order valence-electron chi connectivity index (χ3n) is 2.06. The SMILES string of the molecule is COc1cccc(OCC(=O)NCCC(=O)[O-])c1. The summed E-state index contributed by atoms with van der Waals surface area (Å²) in [6.07, 6.45) is -0.217. The molecular weight excluding hydrogens is 238 g/mol. The first-order valence-corrected chi connectivity index (χ1v) is 5.35. The molecule has 1 amide bonds. The maximum Gasteiger partial charge on any atom is 0.257 e. The summed E-state index contributed by atoms with van der Waals surface area (Å²) in [6.45, 7) is -0.150. The van der Waals surface area contributed by atoms with Gasteiger partial charge in [0.1, 0.15) is 11.5 Å². The second-order valence-corrected chi connectivity index (χ2v) is 3.44. The molecule has 0 fully saturated rings. The summed E-state index contributed by atoms with van der Waals surface area (Å²) in [5.74, 6) is -0.461. The number of methoxy groups -OCH3 is 1. The highest BCUT2D eigenvalue weighted by atomic mass is 16.5. The van der Waals surface area contributed by atoms with Gasteiger partial charge in [-0.1, -0.05) is 6.07 Å². The number of carbonyl (C=O) groups excluding carboxylic acids is 2. The van der Waals surface area contributed by atoms with E-state index in [1.807, 2.05) is 0 Å². The lowest BCUT2D eigenvalue weighted by Crippen LogP contribution is -2.33. The van der Waals surface area contributed by atoms with Crippen molar-refractivity contribution in [3.05, 3.63) is 24.3 Å². The lowest BCUT2D eigenvalue weighted by Gasteiger charge is -2.08. The number of ether oxygens (including phenoxy) is 2. The molecule has 0 spiro atoms. The second kappa shape index (κ2) is 7.16. The molecule has 0 atom stereocenters. The van der Waals surface area contributed by atoms with Gasteiger partial charge in [0, 0.05) is 25.0 Å². The van der Waals surface area contributed by atoms with E-state index in [2.05, 4.69) is 5.32 Å². The number of amides is 1. The Morgan fingerprint density at radius 3 is 2.72 bits per heavy atom. The molecular formula is C12H14NO5-. The summed E-state index contributed by atoms with van der Waals surface area (Å²) >= 11 is 0. The van der Waals surface area contributed by atoms with Crippen LogP contribution in [0.4, 0.5) is 0 Å². The van der Waals surface area contributed by atoms with Gasteiger partial charge in [-0.15, -0.1) is 0 Å². The fourth-order valence-corrected chi connectivity index (χ4v) is 1.19. The number of aliphatic carboxylic acids is 1. The molecule has 0 unspecified atom stereocenters. The van der Waals surface area contributed by atoms with Crippen molar-refractivity contribution in [3.8, 4) is 11.5 Å². The quantitative estimate of drug-likeness (QED) is 0.695. The monoisotopic (exact) mass is 252 g/mol. The highest BCUT2D eigenvalue weighted by Gasteiger charge is 2.02. The first kappa shape index (κ1) is 13.8. The van der Waals surface area contributed by atoms with Crippen molar-refractivity contribution in [2.75, 3.05) is 20.3 Å². The van der Waals surface area contributed by atoms with Crippen molar-refractivity contribution < 1.29 is 24.2 Å². The maximum absolute atomic E-state index is 11.3. The first-order chi connectivity index (χ1) is 8.61. The molecule has 1 aromatic rings. The minimum Gasteiger partial charge on any atom is -0.550 e. The van der Waals surface area contributed by atoms with E-state index in [9.17, 15) is 14.7 Å². The van der Waals surface area contributed by atoms with E-state index in [1.165, 1.54) is 7.11 Å². The average Bonchev–Trinajstić information content (AvgIpc) is 2.36. The fraction of sp³-hybridized carbons (Fsp3) is 0.333. The molecule has 1 aromatic carbocycles. The Kier molecular flexibility index (Phi) is 5.50. The van der Waals surface area contributed by atoms with Crippen molar-refractivity contribution in [2.45, 2.75) is 6.42 Å². The van der Waals surface area contributed by atoms with Gasteiger partial charge in [0.15, 0.2) is 6.61 Å². The number of carboxylic acid groups (broad SMARTS) is 1. The Morgan fingerprint density at radius 2 is 2.06 bits per heavy atom. The van der Waals surface area contributed by atoms with Gasteiger partial charge >= 0.3 is 0 Å². The van der Waals surface area contributed by atoms with Gasteiger partial charge in [0.25, 0.3) is 5.91 Å². The van der Waals surface area contributed by atoms with Crippen LogP contribution < -0.4 is 19.9 Å². The summed E-state index contributed by atoms with van der Waals surface area (Å²) in [7, 11) is 1.53. The molecule has 0 saturated carbocycles. The van der Waals surface area contributed by atoms with E-state index in [0.29, 0.717) is 11.5 Å². The van der Waals surface area contributed by atoms with E-state index in [4.69, 9.17) is 9.47 Å². The zero-order chi connectivity index (χ0) is 13.4. The highest BCUT2D eigenvalue weighted by molar-refractivity contribution is 5.78. The Hall–Kier alpha value is -2.24. The van der Waals surface area contributed by atoms with Gasteiger partial charge in [-0.05, 0) is 12.1 Å². The molecule has 0 aliphatic heterocycles. The Labute approximate surface area is 105 Å². The first-order valence-electron chi connectivity index (χ1n) is 5.35. The molecule has 1 rings (SSSR count). The number of benzene rings is 1. The lowest BCUT2D eigenvalue weighted by molar-refractivity contribution is -0.305. The molecule has 0 heterocycles. The molecule has 98 valence electrons. The molecule has 1 N–H and O–H groups in total. The minimum absolute atomic E-state index is 0.0304. The maximum atomic E-state index is 11.3. The predicted octanol–water partition coefficient (Wildman–Crippen LogP) is -0.670. The zero-order valence-electron chi connectivity index (χ0n) is 9.97. The summed E-state index contributed by atoms with van der Waals surface area (Å²) in [5, 5.41) is 12.5. The average molecular weight is 252 g/mol. The van der Waals surface area contributed by atoms with E-state index in [0.717, 1.165) is 0 Å². The largest absolute Gasteiger partial charge is 0.550 e. The van der Waals surface area contributed by atoms with Crippen LogP contribution in [0.15, 0.2) is 24.3 Å². The van der Waals surface area contributed by atoms with Gasteiger partial charge in [-0.2, -0.15) is 0 Å². The minimum atomic E-state index is -1.20. The number of nitrogens with one attached hydrogen (secondary N) is 1. The molecule has 0 aliphatic carbocycles. The number of carbonyl (C=O) groups is 2. The molecule has 18 heavy (non-hydrogen) atoms. The van der Waals surface area contributed by atoms with Crippen molar-refractivity contribution in [1.82, 2.24) is 5.32 Å². The normalized spacial score (nSPS) is 9.61. The molecule has 6 nitrogen and oxygen atoms in total. The van der Waals surface area contributed by atoms with E-state index < -0.39 is 5.97 Å². The van der Waals surface area contributed by atoms with Crippen LogP contribution in [0, 0.1) is 0 Å². The number of rotatable bonds is 7. The molecule has 0 saturated heterocycles. The van der Waals surface area contributed by atoms with Gasteiger partial charge in [0.05, 0.1) is 7.11 Å². The van der Waals surface area contributed by atoms with Crippen LogP contribution in [0.2, 0.25) is 0 Å². The van der Waals surface area contributed by atoms with Crippen molar-refractivity contribution in [2.24, 2.45) is 0 Å². The summed E-state index contributed by atoms with van der Waals surface area (Å²) in [4.78, 5) is 21.4. The van der Waals surface area contributed by atoms with Crippen LogP contribution in [-0.4, -0.2) is 32.1 Å². The predicted molar refractivity (Wildman–Crippen MR) is 61.1 cm³/mol. The number of hydrogen-bond donors (Lipinski definition) is 1. The van der Waals surface area contributed by atoms with E-state index in [1.54, 1.807) is 24.3 Å². The summed E-state index contributed by atoms with van der Waals surface area (Å²) in [5.41, 5.74) is 0. The smallest absolute Gasteiger partial charge is 0.257 e. The number of carboxylic acids is 1. The third-order valence-corrected chi connectivity index (χ3v) is 2.06. The Bertz CT molecular complexity index is 419. The summed E-state index contributed by atoms with van der Waals surface area (Å²) < 4.78 is 10.2. The summed E-state index contributed by atoms with van der Waals surface area (Å²) in [6, 6.07) is 6.83. The van der Waals surface area contributed by atoms with Crippen LogP contribution in [0.5, 0.6) is 11.5 Å². The van der Waals surface area contributed by atoms with Gasteiger partial charge < -0.3 is 24.7 Å². The molecule has 0 aromatic heterocycles. The van der Waals surface area contributed by atoms with Crippen molar-refractivity contribution in [1.29, 1.82) is 0 Å². The van der Waals surface area contributed by atoms with Crippen LogP contribution in [0.25, 0.3) is 0 Å². The van der Waals surface area contributed by atoms with E-state index >= 15 is 0 Å². The molecule has 0 radical (unpaired) electrons. The highest BCUT2D eigenvalue weighted by Crippen LogP contribution is 2.18. The van der Waals surface area contributed by atoms with Crippen molar-refractivity contribution in [3.63, 3.8) is 0 Å². The molecule has 0 aliphatic rings. The second-order valence-electron chi connectivity index (χ2n) is 3.44. The third kappa shape index (κ3) is 5.20. The van der Waals surface area contributed by atoms with Gasteiger partial charge in [-0.3, -0.25) is 4.79 Å².